The molecule has 3 aromatic rings. The van der Waals surface area contributed by atoms with E-state index >= 15 is 0 Å². The summed E-state index contributed by atoms with van der Waals surface area (Å²) in [6.07, 6.45) is 0.386. The molecule has 0 saturated carbocycles. The van der Waals surface area contributed by atoms with Crippen LogP contribution >= 0.6 is 12.2 Å². The van der Waals surface area contributed by atoms with Gasteiger partial charge in [0.1, 0.15) is 12.2 Å². The third-order valence-electron chi connectivity index (χ3n) is 3.76. The molecule has 2 aromatic carbocycles. The first-order chi connectivity index (χ1) is 12.5. The summed E-state index contributed by atoms with van der Waals surface area (Å²) < 4.78 is 1.40. The van der Waals surface area contributed by atoms with Crippen LogP contribution < -0.4 is 22.1 Å². The van der Waals surface area contributed by atoms with E-state index in [9.17, 15) is 9.59 Å². The minimum absolute atomic E-state index is 0.0601. The zero-order valence-electron chi connectivity index (χ0n) is 13.8. The fourth-order valence-electron chi connectivity index (χ4n) is 2.62. The predicted molar refractivity (Wildman–Crippen MR) is 103 cm³/mol. The van der Waals surface area contributed by atoms with Crippen molar-refractivity contribution >= 4 is 34.3 Å². The highest BCUT2D eigenvalue weighted by atomic mass is 32.1. The molecule has 1 heterocycles. The summed E-state index contributed by atoms with van der Waals surface area (Å²) in [5.74, 6) is -0.443. The second-order valence-corrected chi connectivity index (χ2v) is 6.08. The number of hydrogen-bond acceptors (Lipinski definition) is 4. The average molecular weight is 367 g/mol. The Bertz CT molecular complexity index is 1020. The molecular weight excluding hydrogens is 350 g/mol. The summed E-state index contributed by atoms with van der Waals surface area (Å²) in [6, 6.07) is 16.8. The third kappa shape index (κ3) is 4.04. The Hall–Kier alpha value is -3.26. The van der Waals surface area contributed by atoms with Crippen LogP contribution in [-0.4, -0.2) is 20.6 Å². The Morgan fingerprint density at radius 2 is 1.77 bits per heavy atom. The number of rotatable bonds is 4. The molecule has 3 rings (SSSR count). The van der Waals surface area contributed by atoms with Crippen LogP contribution in [0.2, 0.25) is 0 Å². The Labute approximate surface area is 154 Å². The Morgan fingerprint density at radius 1 is 1.08 bits per heavy atom. The highest BCUT2D eigenvalue weighted by Crippen LogP contribution is 2.12. The van der Waals surface area contributed by atoms with Gasteiger partial charge in [-0.1, -0.05) is 42.5 Å². The molecule has 7 nitrogen and oxygen atoms in total. The normalized spacial score (nSPS) is 10.5. The van der Waals surface area contributed by atoms with E-state index in [0.717, 1.165) is 5.56 Å². The lowest BCUT2D eigenvalue weighted by Gasteiger charge is -2.13. The van der Waals surface area contributed by atoms with Crippen molar-refractivity contribution in [1.82, 2.24) is 20.4 Å². The fourth-order valence-corrected chi connectivity index (χ4v) is 2.67. The zero-order valence-corrected chi connectivity index (χ0v) is 14.6. The van der Waals surface area contributed by atoms with Gasteiger partial charge in [-0.15, -0.1) is 0 Å². The van der Waals surface area contributed by atoms with E-state index in [2.05, 4.69) is 28.1 Å². The number of nitrogens with one attached hydrogen (secondary N) is 2. The molecule has 0 fully saturated rings. The van der Waals surface area contributed by atoms with Crippen LogP contribution in [0.25, 0.3) is 11.0 Å². The highest BCUT2D eigenvalue weighted by Gasteiger charge is 2.14. The van der Waals surface area contributed by atoms with Gasteiger partial charge in [0.2, 0.25) is 0 Å². The monoisotopic (exact) mass is 367 g/mol. The van der Waals surface area contributed by atoms with Crippen molar-refractivity contribution in [3.63, 3.8) is 0 Å². The number of nitrogens with two attached hydrogens (primary N) is 1. The first-order valence-corrected chi connectivity index (χ1v) is 8.32. The molecule has 1 amide bonds. The van der Waals surface area contributed by atoms with Gasteiger partial charge in [0.25, 0.3) is 11.5 Å². The van der Waals surface area contributed by atoms with E-state index < -0.39 is 5.91 Å². The van der Waals surface area contributed by atoms with Crippen LogP contribution in [0.5, 0.6) is 0 Å². The molecule has 0 spiro atoms. The topological polar surface area (TPSA) is 102 Å². The number of hydrogen-bond donors (Lipinski definition) is 3. The zero-order chi connectivity index (χ0) is 18.5. The second-order valence-electron chi connectivity index (χ2n) is 5.64. The molecule has 0 unspecified atom stereocenters. The summed E-state index contributed by atoms with van der Waals surface area (Å²) in [5.41, 5.74) is 12.3. The molecule has 0 aliphatic heterocycles. The largest absolute Gasteiger partial charge is 0.375 e. The van der Waals surface area contributed by atoms with E-state index in [4.69, 9.17) is 5.73 Å². The fraction of sp³-hybridized carbons (Fsp3) is 0.111. The number of para-hydroxylation sites is 2. The summed E-state index contributed by atoms with van der Waals surface area (Å²) in [6.45, 7) is -0.181. The summed E-state index contributed by atoms with van der Waals surface area (Å²) in [7, 11) is 0. The first-order valence-electron chi connectivity index (χ1n) is 7.91. The van der Waals surface area contributed by atoms with Crippen LogP contribution in [0.4, 0.5) is 0 Å². The van der Waals surface area contributed by atoms with E-state index in [-0.39, 0.29) is 17.2 Å². The van der Waals surface area contributed by atoms with Gasteiger partial charge >= 0.3 is 0 Å². The van der Waals surface area contributed by atoms with E-state index in [1.54, 1.807) is 12.1 Å². The SMILES string of the molecule is NC(=S)NNC(=O)Cn1c(=O)c(Cc2ccccc2)nc2ccccc21. The van der Waals surface area contributed by atoms with Crippen LogP contribution in [0.15, 0.2) is 59.4 Å². The molecule has 0 aliphatic carbocycles. The summed E-state index contributed by atoms with van der Waals surface area (Å²) >= 11 is 4.65. The first kappa shape index (κ1) is 17.6. The molecule has 0 saturated heterocycles. The lowest BCUT2D eigenvalue weighted by atomic mass is 10.1. The Morgan fingerprint density at radius 3 is 2.50 bits per heavy atom. The molecule has 1 aromatic heterocycles. The minimum atomic E-state index is -0.443. The van der Waals surface area contributed by atoms with Gasteiger partial charge in [0.05, 0.1) is 11.0 Å². The van der Waals surface area contributed by atoms with Gasteiger partial charge in [0, 0.05) is 6.42 Å². The average Bonchev–Trinajstić information content (AvgIpc) is 2.64. The minimum Gasteiger partial charge on any atom is -0.375 e. The number of aromatic nitrogens is 2. The van der Waals surface area contributed by atoms with Crippen molar-refractivity contribution in [3.8, 4) is 0 Å². The van der Waals surface area contributed by atoms with E-state index in [1.807, 2.05) is 42.5 Å². The highest BCUT2D eigenvalue weighted by molar-refractivity contribution is 7.80. The van der Waals surface area contributed by atoms with Gasteiger partial charge in [-0.25, -0.2) is 4.98 Å². The van der Waals surface area contributed by atoms with Crippen molar-refractivity contribution in [1.29, 1.82) is 0 Å². The standard InChI is InChI=1S/C18H17N5O2S/c19-18(26)22-21-16(24)11-23-15-9-5-4-8-13(15)20-14(17(23)25)10-12-6-2-1-3-7-12/h1-9H,10-11H2,(H,21,24)(H3,19,22,26). The van der Waals surface area contributed by atoms with Gasteiger partial charge in [-0.3, -0.25) is 25.0 Å². The molecule has 8 heteroatoms. The lowest BCUT2D eigenvalue weighted by molar-refractivity contribution is -0.122. The van der Waals surface area contributed by atoms with E-state index in [1.165, 1.54) is 4.57 Å². The molecular formula is C18H17N5O2S. The lowest BCUT2D eigenvalue weighted by Crippen LogP contribution is -2.46. The van der Waals surface area contributed by atoms with E-state index in [0.29, 0.717) is 23.1 Å². The van der Waals surface area contributed by atoms with Crippen LogP contribution in [-0.2, 0) is 17.8 Å². The molecule has 0 radical (unpaired) electrons. The molecule has 0 atom stereocenters. The molecule has 0 bridgehead atoms. The van der Waals surface area contributed by atoms with Gasteiger partial charge < -0.3 is 5.73 Å². The molecule has 0 aliphatic rings. The van der Waals surface area contributed by atoms with Gasteiger partial charge in [-0.05, 0) is 29.9 Å². The number of thiocarbonyl (C=S) groups is 1. The number of amides is 1. The van der Waals surface area contributed by atoms with Crippen LogP contribution in [0, 0.1) is 0 Å². The maximum atomic E-state index is 12.9. The second kappa shape index (κ2) is 7.75. The number of nitrogens with zero attached hydrogens (tertiary/aromatic N) is 2. The summed E-state index contributed by atoms with van der Waals surface area (Å²) in [5, 5.41) is -0.0601. The van der Waals surface area contributed by atoms with Gasteiger partial charge in [0.15, 0.2) is 5.11 Å². The third-order valence-corrected chi connectivity index (χ3v) is 3.86. The van der Waals surface area contributed by atoms with Crippen molar-refractivity contribution in [2.24, 2.45) is 5.73 Å². The molecule has 4 N–H and O–H groups in total. The van der Waals surface area contributed by atoms with Crippen molar-refractivity contribution < 1.29 is 4.79 Å². The number of carbonyl (C=O) groups is 1. The quantitative estimate of drug-likeness (QED) is 0.467. The number of hydrazine groups is 1. The maximum absolute atomic E-state index is 12.9. The smallest absolute Gasteiger partial charge is 0.273 e. The number of fused-ring (bicyclic) bond motifs is 1. The number of carbonyl (C=O) groups excluding carboxylic acids is 1. The maximum Gasteiger partial charge on any atom is 0.273 e. The Kier molecular flexibility index (Phi) is 5.23. The van der Waals surface area contributed by atoms with Crippen LogP contribution in [0.1, 0.15) is 11.3 Å². The summed E-state index contributed by atoms with van der Waals surface area (Å²) in [4.78, 5) is 29.5. The van der Waals surface area contributed by atoms with Crippen LogP contribution in [0.3, 0.4) is 0 Å². The Balaban J connectivity index is 2.00. The number of benzene rings is 2. The van der Waals surface area contributed by atoms with Crippen molar-refractivity contribution in [2.75, 3.05) is 0 Å². The molecule has 132 valence electrons. The molecule has 26 heavy (non-hydrogen) atoms. The predicted octanol–water partition coefficient (Wildman–Crippen LogP) is 0.852. The van der Waals surface area contributed by atoms with Gasteiger partial charge in [-0.2, -0.15) is 0 Å². The van der Waals surface area contributed by atoms with Crippen molar-refractivity contribution in [3.05, 3.63) is 76.2 Å². The van der Waals surface area contributed by atoms with Crippen molar-refractivity contribution in [2.45, 2.75) is 13.0 Å².